The zero-order chi connectivity index (χ0) is 12.4. The molecule has 92 valence electrons. The largest absolute Gasteiger partial charge is 0.398 e. The van der Waals surface area contributed by atoms with Gasteiger partial charge in [0.15, 0.2) is 0 Å². The topological polar surface area (TPSA) is 55.6 Å². The Labute approximate surface area is 101 Å². The highest BCUT2D eigenvalue weighted by Gasteiger charge is 2.32. The lowest BCUT2D eigenvalue weighted by Crippen LogP contribution is -2.40. The molecular formula is C13H18N2O2. The molecule has 17 heavy (non-hydrogen) atoms. The van der Waals surface area contributed by atoms with Crippen LogP contribution in [-0.4, -0.2) is 30.2 Å². The first-order valence-corrected chi connectivity index (χ1v) is 5.84. The molecular weight excluding hydrogens is 216 g/mol. The molecule has 0 bridgehead atoms. The molecule has 1 unspecified atom stereocenters. The third kappa shape index (κ3) is 2.26. The van der Waals surface area contributed by atoms with Crippen molar-refractivity contribution in [2.24, 2.45) is 5.92 Å². The summed E-state index contributed by atoms with van der Waals surface area (Å²) in [5, 5.41) is 0. The van der Waals surface area contributed by atoms with Gasteiger partial charge in [0.1, 0.15) is 6.73 Å². The Hall–Kier alpha value is -1.55. The predicted octanol–water partition coefficient (Wildman–Crippen LogP) is 1.72. The number of carbonyl (C=O) groups is 1. The first kappa shape index (κ1) is 11.9. The van der Waals surface area contributed by atoms with Crippen LogP contribution in [0.15, 0.2) is 24.3 Å². The van der Waals surface area contributed by atoms with Crippen molar-refractivity contribution in [3.63, 3.8) is 0 Å². The Kier molecular flexibility index (Phi) is 3.33. The van der Waals surface area contributed by atoms with Crippen LogP contribution in [0.3, 0.4) is 0 Å². The number of rotatable bonds is 2. The molecule has 0 aliphatic carbocycles. The maximum absolute atomic E-state index is 12.3. The van der Waals surface area contributed by atoms with E-state index in [2.05, 4.69) is 13.8 Å². The molecule has 1 aliphatic heterocycles. The number of amides is 1. The molecule has 1 atom stereocenters. The number of ether oxygens (including phenoxy) is 1. The van der Waals surface area contributed by atoms with Crippen molar-refractivity contribution in [1.29, 1.82) is 0 Å². The second-order valence-corrected chi connectivity index (χ2v) is 4.67. The van der Waals surface area contributed by atoms with Crippen LogP contribution < -0.4 is 5.73 Å². The summed E-state index contributed by atoms with van der Waals surface area (Å²) in [4.78, 5) is 14.1. The molecule has 0 saturated carbocycles. The van der Waals surface area contributed by atoms with Crippen LogP contribution in [0.4, 0.5) is 5.69 Å². The van der Waals surface area contributed by atoms with E-state index in [4.69, 9.17) is 10.5 Å². The molecule has 1 fully saturated rings. The molecule has 1 amide bonds. The SMILES string of the molecule is CC(C)C1COCN1C(=O)c1ccccc1N. The Morgan fingerprint density at radius 2 is 2.18 bits per heavy atom. The van der Waals surface area contributed by atoms with Crippen molar-refractivity contribution in [1.82, 2.24) is 4.90 Å². The van der Waals surface area contributed by atoms with Crippen LogP contribution >= 0.6 is 0 Å². The minimum Gasteiger partial charge on any atom is -0.398 e. The highest BCUT2D eigenvalue weighted by molar-refractivity contribution is 5.99. The predicted molar refractivity (Wildman–Crippen MR) is 66.5 cm³/mol. The van der Waals surface area contributed by atoms with Crippen LogP contribution in [-0.2, 0) is 4.74 Å². The van der Waals surface area contributed by atoms with Crippen molar-refractivity contribution in [2.45, 2.75) is 19.9 Å². The van der Waals surface area contributed by atoms with Gasteiger partial charge in [-0.3, -0.25) is 4.79 Å². The molecule has 4 heteroatoms. The van der Waals surface area contributed by atoms with Crippen molar-refractivity contribution in [2.75, 3.05) is 19.1 Å². The molecule has 2 N–H and O–H groups in total. The van der Waals surface area contributed by atoms with Gasteiger partial charge in [0.05, 0.1) is 18.2 Å². The van der Waals surface area contributed by atoms with E-state index in [1.165, 1.54) is 0 Å². The third-order valence-electron chi connectivity index (χ3n) is 3.14. The van der Waals surface area contributed by atoms with Gasteiger partial charge in [-0.05, 0) is 18.1 Å². The lowest BCUT2D eigenvalue weighted by molar-refractivity contribution is 0.0638. The molecule has 1 aliphatic rings. The second-order valence-electron chi connectivity index (χ2n) is 4.67. The summed E-state index contributed by atoms with van der Waals surface area (Å²) >= 11 is 0. The van der Waals surface area contributed by atoms with E-state index in [1.807, 2.05) is 12.1 Å². The van der Waals surface area contributed by atoms with Crippen molar-refractivity contribution >= 4 is 11.6 Å². The summed E-state index contributed by atoms with van der Waals surface area (Å²) in [6.07, 6.45) is 0. The summed E-state index contributed by atoms with van der Waals surface area (Å²) < 4.78 is 5.38. The van der Waals surface area contributed by atoms with Gasteiger partial charge in [0, 0.05) is 5.69 Å². The highest BCUT2D eigenvalue weighted by atomic mass is 16.5. The monoisotopic (exact) mass is 234 g/mol. The number of nitrogens with two attached hydrogens (primary N) is 1. The van der Waals surface area contributed by atoms with Gasteiger partial charge in [-0.1, -0.05) is 26.0 Å². The summed E-state index contributed by atoms with van der Waals surface area (Å²) in [5.74, 6) is 0.339. The standard InChI is InChI=1S/C13H18N2O2/c1-9(2)12-7-17-8-15(12)13(16)10-5-3-4-6-11(10)14/h3-6,9,12H,7-8,14H2,1-2H3. The summed E-state index contributed by atoms with van der Waals surface area (Å²) in [5.41, 5.74) is 6.90. The maximum atomic E-state index is 12.3. The molecule has 1 aromatic carbocycles. The minimum absolute atomic E-state index is 0.0423. The van der Waals surface area contributed by atoms with E-state index < -0.39 is 0 Å². The molecule has 1 saturated heterocycles. The van der Waals surface area contributed by atoms with Crippen molar-refractivity contribution in [3.05, 3.63) is 29.8 Å². The molecule has 1 heterocycles. The lowest BCUT2D eigenvalue weighted by Gasteiger charge is -2.25. The molecule has 1 aromatic rings. The first-order valence-electron chi connectivity index (χ1n) is 5.84. The van der Waals surface area contributed by atoms with Crippen LogP contribution in [0.1, 0.15) is 24.2 Å². The fourth-order valence-corrected chi connectivity index (χ4v) is 2.07. The van der Waals surface area contributed by atoms with Gasteiger partial charge in [0.25, 0.3) is 5.91 Å². The number of anilines is 1. The smallest absolute Gasteiger partial charge is 0.258 e. The summed E-state index contributed by atoms with van der Waals surface area (Å²) in [6.45, 7) is 5.15. The van der Waals surface area contributed by atoms with Crippen molar-refractivity contribution in [3.8, 4) is 0 Å². The van der Waals surface area contributed by atoms with Gasteiger partial charge >= 0.3 is 0 Å². The Morgan fingerprint density at radius 3 is 2.82 bits per heavy atom. The van der Waals surface area contributed by atoms with Crippen LogP contribution in [0.25, 0.3) is 0 Å². The second kappa shape index (κ2) is 4.75. The Balaban J connectivity index is 2.23. The lowest BCUT2D eigenvalue weighted by atomic mass is 10.0. The van der Waals surface area contributed by atoms with Gasteiger partial charge in [-0.15, -0.1) is 0 Å². The molecule has 2 rings (SSSR count). The van der Waals surface area contributed by atoms with Gasteiger partial charge in [0.2, 0.25) is 0 Å². The van der Waals surface area contributed by atoms with Crippen LogP contribution in [0, 0.1) is 5.92 Å². The molecule has 0 spiro atoms. The van der Waals surface area contributed by atoms with E-state index in [1.54, 1.807) is 17.0 Å². The van der Waals surface area contributed by atoms with E-state index in [0.717, 1.165) is 0 Å². The average molecular weight is 234 g/mol. The summed E-state index contributed by atoms with van der Waals surface area (Å²) in [6, 6.07) is 7.29. The van der Waals surface area contributed by atoms with Gasteiger partial charge in [-0.25, -0.2) is 0 Å². The molecule has 4 nitrogen and oxygen atoms in total. The number of hydrogen-bond donors (Lipinski definition) is 1. The normalized spacial score (nSPS) is 19.9. The van der Waals surface area contributed by atoms with E-state index >= 15 is 0 Å². The Morgan fingerprint density at radius 1 is 1.47 bits per heavy atom. The molecule has 0 radical (unpaired) electrons. The number of nitrogen functional groups attached to an aromatic ring is 1. The maximum Gasteiger partial charge on any atom is 0.258 e. The van der Waals surface area contributed by atoms with Gasteiger partial charge in [-0.2, -0.15) is 0 Å². The zero-order valence-corrected chi connectivity index (χ0v) is 10.2. The van der Waals surface area contributed by atoms with E-state index in [-0.39, 0.29) is 11.9 Å². The highest BCUT2D eigenvalue weighted by Crippen LogP contribution is 2.22. The average Bonchev–Trinajstić information content (AvgIpc) is 2.77. The third-order valence-corrected chi connectivity index (χ3v) is 3.14. The summed E-state index contributed by atoms with van der Waals surface area (Å²) in [7, 11) is 0. The Bertz CT molecular complexity index is 418. The van der Waals surface area contributed by atoms with Crippen molar-refractivity contribution < 1.29 is 9.53 Å². The molecule has 0 aromatic heterocycles. The van der Waals surface area contributed by atoms with Crippen LogP contribution in [0.2, 0.25) is 0 Å². The minimum atomic E-state index is -0.0423. The first-order chi connectivity index (χ1) is 8.11. The van der Waals surface area contributed by atoms with E-state index in [0.29, 0.717) is 30.5 Å². The zero-order valence-electron chi connectivity index (χ0n) is 10.2. The number of benzene rings is 1. The van der Waals surface area contributed by atoms with Crippen LogP contribution in [0.5, 0.6) is 0 Å². The van der Waals surface area contributed by atoms with Gasteiger partial charge < -0.3 is 15.4 Å². The number of nitrogens with zero attached hydrogens (tertiary/aromatic N) is 1. The number of para-hydroxylation sites is 1. The van der Waals surface area contributed by atoms with E-state index in [9.17, 15) is 4.79 Å². The fourth-order valence-electron chi connectivity index (χ4n) is 2.07. The number of carbonyl (C=O) groups excluding carboxylic acids is 1. The fraction of sp³-hybridized carbons (Fsp3) is 0.462. The number of hydrogen-bond acceptors (Lipinski definition) is 3. The quantitative estimate of drug-likeness (QED) is 0.793.